The fourth-order valence-electron chi connectivity index (χ4n) is 1.67. The van der Waals surface area contributed by atoms with Gasteiger partial charge in [-0.3, -0.25) is 0 Å². The van der Waals surface area contributed by atoms with Gasteiger partial charge in [0.1, 0.15) is 0 Å². The van der Waals surface area contributed by atoms with Crippen LogP contribution < -0.4 is 11.5 Å². The van der Waals surface area contributed by atoms with Crippen LogP contribution in [0, 0.1) is 0 Å². The van der Waals surface area contributed by atoms with E-state index in [4.69, 9.17) is 11.5 Å². The molecule has 4 N–H and O–H groups in total. The molecule has 0 aliphatic carbocycles. The van der Waals surface area contributed by atoms with Gasteiger partial charge in [-0.2, -0.15) is 0 Å². The topological polar surface area (TPSA) is 52.0 Å². The summed E-state index contributed by atoms with van der Waals surface area (Å²) in [6, 6.07) is 6.04. The Bertz CT molecular complexity index is 450. The SMILES string of the molecule is C=C(Sc1cc(N)ccc1CCC)/C(N)=C\CC. The first-order valence-corrected chi connectivity index (χ1v) is 7.11. The van der Waals surface area contributed by atoms with E-state index in [9.17, 15) is 0 Å². The Morgan fingerprint density at radius 1 is 1.39 bits per heavy atom. The lowest BCUT2D eigenvalue weighted by molar-refractivity contribution is 0.901. The van der Waals surface area contributed by atoms with Crippen LogP contribution in [0.25, 0.3) is 0 Å². The minimum atomic E-state index is 0.757. The number of benzene rings is 1. The van der Waals surface area contributed by atoms with E-state index in [0.29, 0.717) is 0 Å². The molecule has 0 heterocycles. The van der Waals surface area contributed by atoms with Gasteiger partial charge < -0.3 is 11.5 Å². The molecule has 0 aliphatic rings. The molecule has 0 radical (unpaired) electrons. The summed E-state index contributed by atoms with van der Waals surface area (Å²) < 4.78 is 0. The number of aryl methyl sites for hydroxylation is 1. The van der Waals surface area contributed by atoms with Gasteiger partial charge in [0.15, 0.2) is 0 Å². The van der Waals surface area contributed by atoms with Crippen LogP contribution >= 0.6 is 11.8 Å². The number of anilines is 1. The van der Waals surface area contributed by atoms with Crippen molar-refractivity contribution in [2.24, 2.45) is 5.73 Å². The number of nitrogen functional groups attached to an aromatic ring is 1. The number of hydrogen-bond acceptors (Lipinski definition) is 3. The Kier molecular flexibility index (Phi) is 5.86. The average Bonchev–Trinajstić information content (AvgIpc) is 2.33. The van der Waals surface area contributed by atoms with Crippen molar-refractivity contribution >= 4 is 17.4 Å². The third-order valence-electron chi connectivity index (χ3n) is 2.59. The first-order valence-electron chi connectivity index (χ1n) is 6.29. The molecule has 0 bridgehead atoms. The van der Waals surface area contributed by atoms with Gasteiger partial charge in [0, 0.05) is 21.2 Å². The lowest BCUT2D eigenvalue weighted by Gasteiger charge is -2.11. The maximum atomic E-state index is 5.95. The third-order valence-corrected chi connectivity index (χ3v) is 3.67. The average molecular weight is 262 g/mol. The molecule has 3 heteroatoms. The first-order chi connectivity index (χ1) is 8.58. The number of hydrogen-bond donors (Lipinski definition) is 2. The van der Waals surface area contributed by atoms with E-state index in [-0.39, 0.29) is 0 Å². The number of allylic oxidation sites excluding steroid dienone is 1. The quantitative estimate of drug-likeness (QED) is 0.461. The van der Waals surface area contributed by atoms with Crippen molar-refractivity contribution in [1.82, 2.24) is 0 Å². The molecule has 0 unspecified atom stereocenters. The van der Waals surface area contributed by atoms with Crippen LogP contribution in [0.15, 0.2) is 46.4 Å². The van der Waals surface area contributed by atoms with Gasteiger partial charge in [-0.25, -0.2) is 0 Å². The van der Waals surface area contributed by atoms with Crippen molar-refractivity contribution in [2.45, 2.75) is 38.0 Å². The monoisotopic (exact) mass is 262 g/mol. The Morgan fingerprint density at radius 2 is 2.11 bits per heavy atom. The van der Waals surface area contributed by atoms with Crippen molar-refractivity contribution < 1.29 is 0 Å². The fraction of sp³-hybridized carbons (Fsp3) is 0.333. The van der Waals surface area contributed by atoms with Crippen LogP contribution in [-0.2, 0) is 6.42 Å². The summed E-state index contributed by atoms with van der Waals surface area (Å²) in [5.41, 5.74) is 14.6. The van der Waals surface area contributed by atoms with E-state index in [0.717, 1.165) is 40.4 Å². The molecule has 18 heavy (non-hydrogen) atoms. The predicted octanol–water partition coefficient (Wildman–Crippen LogP) is 4.08. The summed E-state index contributed by atoms with van der Waals surface area (Å²) in [6.07, 6.45) is 5.07. The fourth-order valence-corrected chi connectivity index (χ4v) is 2.63. The van der Waals surface area contributed by atoms with Crippen LogP contribution in [0.4, 0.5) is 5.69 Å². The van der Waals surface area contributed by atoms with Crippen LogP contribution in [0.3, 0.4) is 0 Å². The summed E-state index contributed by atoms with van der Waals surface area (Å²) in [4.78, 5) is 2.05. The summed E-state index contributed by atoms with van der Waals surface area (Å²) in [5, 5.41) is 0. The standard InChI is InChI=1S/C15H22N2S/c1-4-6-12-8-9-13(16)10-15(12)18-11(3)14(17)7-5-2/h7-10H,3-6,16-17H2,1-2H3/b14-7+. The molecule has 1 rings (SSSR count). The molecule has 0 saturated heterocycles. The highest BCUT2D eigenvalue weighted by Gasteiger charge is 2.07. The minimum absolute atomic E-state index is 0.757. The second kappa shape index (κ2) is 7.17. The molecule has 0 fully saturated rings. The normalized spacial score (nSPS) is 11.6. The second-order valence-corrected chi connectivity index (χ2v) is 5.35. The Morgan fingerprint density at radius 3 is 2.72 bits per heavy atom. The van der Waals surface area contributed by atoms with Gasteiger partial charge in [0.05, 0.1) is 0 Å². The molecule has 0 aliphatic heterocycles. The predicted molar refractivity (Wildman–Crippen MR) is 82.4 cm³/mol. The maximum absolute atomic E-state index is 5.95. The second-order valence-electron chi connectivity index (χ2n) is 4.21. The lowest BCUT2D eigenvalue weighted by atomic mass is 10.1. The molecule has 2 nitrogen and oxygen atoms in total. The molecule has 0 amide bonds. The molecule has 1 aromatic rings. The van der Waals surface area contributed by atoms with E-state index in [2.05, 4.69) is 26.5 Å². The zero-order chi connectivity index (χ0) is 13.5. The van der Waals surface area contributed by atoms with E-state index < -0.39 is 0 Å². The summed E-state index contributed by atoms with van der Waals surface area (Å²) in [7, 11) is 0. The summed E-state index contributed by atoms with van der Waals surface area (Å²) in [6.45, 7) is 8.26. The lowest BCUT2D eigenvalue weighted by Crippen LogP contribution is -1.99. The van der Waals surface area contributed by atoms with Crippen LogP contribution in [0.5, 0.6) is 0 Å². The Hall–Kier alpha value is -1.35. The van der Waals surface area contributed by atoms with E-state index in [1.54, 1.807) is 11.8 Å². The van der Waals surface area contributed by atoms with E-state index >= 15 is 0 Å². The van der Waals surface area contributed by atoms with Crippen LogP contribution in [-0.4, -0.2) is 0 Å². The largest absolute Gasteiger partial charge is 0.399 e. The molecule has 1 aromatic carbocycles. The highest BCUT2D eigenvalue weighted by Crippen LogP contribution is 2.33. The number of nitrogens with two attached hydrogens (primary N) is 2. The Balaban J connectivity index is 2.92. The van der Waals surface area contributed by atoms with Crippen molar-refractivity contribution in [2.75, 3.05) is 5.73 Å². The van der Waals surface area contributed by atoms with Gasteiger partial charge in [-0.05, 0) is 30.5 Å². The van der Waals surface area contributed by atoms with Gasteiger partial charge in [0.2, 0.25) is 0 Å². The van der Waals surface area contributed by atoms with Crippen LogP contribution in [0.1, 0.15) is 32.3 Å². The molecular formula is C15H22N2S. The first kappa shape index (κ1) is 14.7. The molecule has 0 aromatic heterocycles. The van der Waals surface area contributed by atoms with E-state index in [1.165, 1.54) is 5.56 Å². The zero-order valence-electron chi connectivity index (χ0n) is 11.2. The molecule has 98 valence electrons. The minimum Gasteiger partial charge on any atom is -0.399 e. The highest BCUT2D eigenvalue weighted by molar-refractivity contribution is 8.03. The smallest absolute Gasteiger partial charge is 0.0409 e. The number of thioether (sulfide) groups is 1. The maximum Gasteiger partial charge on any atom is 0.0409 e. The van der Waals surface area contributed by atoms with Crippen molar-refractivity contribution in [3.8, 4) is 0 Å². The summed E-state index contributed by atoms with van der Waals surface area (Å²) in [5.74, 6) is 0. The van der Waals surface area contributed by atoms with Gasteiger partial charge in [0.25, 0.3) is 0 Å². The summed E-state index contributed by atoms with van der Waals surface area (Å²) >= 11 is 1.60. The van der Waals surface area contributed by atoms with Crippen molar-refractivity contribution in [1.29, 1.82) is 0 Å². The van der Waals surface area contributed by atoms with Gasteiger partial charge >= 0.3 is 0 Å². The highest BCUT2D eigenvalue weighted by atomic mass is 32.2. The van der Waals surface area contributed by atoms with E-state index in [1.807, 2.05) is 18.2 Å². The van der Waals surface area contributed by atoms with Crippen LogP contribution in [0.2, 0.25) is 0 Å². The van der Waals surface area contributed by atoms with Crippen molar-refractivity contribution in [3.05, 3.63) is 47.0 Å². The van der Waals surface area contributed by atoms with Gasteiger partial charge in [-0.1, -0.05) is 50.8 Å². The molecule has 0 atom stereocenters. The van der Waals surface area contributed by atoms with Crippen molar-refractivity contribution in [3.63, 3.8) is 0 Å². The molecule has 0 saturated carbocycles. The Labute approximate surface area is 114 Å². The molecular weight excluding hydrogens is 240 g/mol. The zero-order valence-corrected chi connectivity index (χ0v) is 12.0. The third kappa shape index (κ3) is 4.15. The number of rotatable bonds is 6. The molecule has 0 spiro atoms. The van der Waals surface area contributed by atoms with Gasteiger partial charge in [-0.15, -0.1) is 0 Å².